The molecule has 0 bridgehead atoms. The monoisotopic (exact) mass is 150 g/mol. The molecule has 0 unspecified atom stereocenters. The summed E-state index contributed by atoms with van der Waals surface area (Å²) in [5.74, 6) is -0.248. The van der Waals surface area contributed by atoms with Crippen LogP contribution in [-0.4, -0.2) is 11.1 Å². The fourth-order valence-electron chi connectivity index (χ4n) is 1.92. The summed E-state index contributed by atoms with van der Waals surface area (Å²) >= 11 is 0. The van der Waals surface area contributed by atoms with Crippen molar-refractivity contribution in [3.63, 3.8) is 0 Å². The largest absolute Gasteiger partial charge is 0.481 e. The summed E-state index contributed by atoms with van der Waals surface area (Å²) in [5.41, 5.74) is 0. The van der Waals surface area contributed by atoms with Gasteiger partial charge in [-0.1, -0.05) is 24.3 Å². The lowest BCUT2D eigenvalue weighted by Crippen LogP contribution is -2.18. The molecule has 0 aromatic carbocycles. The molecule has 1 N–H and O–H groups in total. The molecule has 0 aromatic heterocycles. The molecule has 2 aliphatic carbocycles. The van der Waals surface area contributed by atoms with Crippen LogP contribution in [0, 0.1) is 17.8 Å². The van der Waals surface area contributed by atoms with Crippen LogP contribution in [0.25, 0.3) is 0 Å². The molecule has 0 amide bonds. The van der Waals surface area contributed by atoms with Gasteiger partial charge in [-0.2, -0.15) is 0 Å². The normalized spacial score (nSPS) is 39.5. The van der Waals surface area contributed by atoms with E-state index in [1.54, 1.807) is 0 Å². The molecule has 3 atom stereocenters. The minimum Gasteiger partial charge on any atom is -0.481 e. The number of hydrogen-bond acceptors (Lipinski definition) is 1. The SMILES string of the molecule is O=C(O)[C@@H]1C=C[C@H]2CC=C[C@H]21. The Hall–Kier alpha value is -1.05. The Morgan fingerprint density at radius 3 is 2.91 bits per heavy atom. The van der Waals surface area contributed by atoms with Gasteiger partial charge in [0.15, 0.2) is 0 Å². The zero-order valence-electron chi connectivity index (χ0n) is 6.10. The van der Waals surface area contributed by atoms with Crippen LogP contribution in [-0.2, 0) is 4.79 Å². The first-order valence-corrected chi connectivity index (χ1v) is 3.87. The van der Waals surface area contributed by atoms with Crippen LogP contribution in [0.3, 0.4) is 0 Å². The fourth-order valence-corrected chi connectivity index (χ4v) is 1.92. The van der Waals surface area contributed by atoms with Crippen molar-refractivity contribution < 1.29 is 9.90 Å². The Morgan fingerprint density at radius 2 is 2.18 bits per heavy atom. The number of rotatable bonds is 1. The van der Waals surface area contributed by atoms with Crippen molar-refractivity contribution in [2.75, 3.05) is 0 Å². The predicted molar refractivity (Wildman–Crippen MR) is 41.0 cm³/mol. The fraction of sp³-hybridized carbons (Fsp3) is 0.444. The van der Waals surface area contributed by atoms with Gasteiger partial charge in [-0.3, -0.25) is 4.79 Å². The molecular weight excluding hydrogens is 140 g/mol. The van der Waals surface area contributed by atoms with Crippen LogP contribution in [0.1, 0.15) is 6.42 Å². The molecule has 0 saturated carbocycles. The Bertz CT molecular complexity index is 240. The minimum atomic E-state index is -0.694. The molecule has 0 saturated heterocycles. The van der Waals surface area contributed by atoms with Crippen LogP contribution < -0.4 is 0 Å². The molecule has 2 aliphatic rings. The van der Waals surface area contributed by atoms with Crippen molar-refractivity contribution in [1.82, 2.24) is 0 Å². The third-order valence-electron chi connectivity index (χ3n) is 2.53. The van der Waals surface area contributed by atoms with Crippen molar-refractivity contribution in [1.29, 1.82) is 0 Å². The summed E-state index contributed by atoms with van der Waals surface area (Å²) in [6.07, 6.45) is 8.98. The van der Waals surface area contributed by atoms with Crippen LogP contribution in [0.4, 0.5) is 0 Å². The lowest BCUT2D eigenvalue weighted by Gasteiger charge is -2.12. The second-order valence-electron chi connectivity index (χ2n) is 3.15. The third-order valence-corrected chi connectivity index (χ3v) is 2.53. The molecule has 0 aliphatic heterocycles. The maximum atomic E-state index is 10.7. The zero-order chi connectivity index (χ0) is 7.84. The van der Waals surface area contributed by atoms with Crippen molar-refractivity contribution in [2.24, 2.45) is 17.8 Å². The summed E-state index contributed by atoms with van der Waals surface area (Å²) < 4.78 is 0. The summed E-state index contributed by atoms with van der Waals surface area (Å²) in [6, 6.07) is 0. The molecular formula is C9H10O2. The van der Waals surface area contributed by atoms with Crippen LogP contribution in [0.5, 0.6) is 0 Å². The highest BCUT2D eigenvalue weighted by Gasteiger charge is 2.35. The predicted octanol–water partition coefficient (Wildman–Crippen LogP) is 1.45. The van der Waals surface area contributed by atoms with Gasteiger partial charge in [0.25, 0.3) is 0 Å². The number of carbonyl (C=O) groups is 1. The topological polar surface area (TPSA) is 37.3 Å². The molecule has 2 heteroatoms. The van der Waals surface area contributed by atoms with E-state index in [1.165, 1.54) is 0 Å². The van der Waals surface area contributed by atoms with E-state index in [2.05, 4.69) is 6.08 Å². The van der Waals surface area contributed by atoms with Crippen molar-refractivity contribution in [3.05, 3.63) is 24.3 Å². The maximum Gasteiger partial charge on any atom is 0.310 e. The van der Waals surface area contributed by atoms with Crippen LogP contribution >= 0.6 is 0 Å². The summed E-state index contributed by atoms with van der Waals surface area (Å²) in [5, 5.41) is 8.78. The summed E-state index contributed by atoms with van der Waals surface area (Å²) in [4.78, 5) is 10.7. The second kappa shape index (κ2) is 2.22. The standard InChI is InChI=1S/C9H10O2/c10-9(11)8-5-4-6-2-1-3-7(6)8/h1,3-8H,2H2,(H,10,11)/t6-,7-,8-/m1/s1. The van der Waals surface area contributed by atoms with Gasteiger partial charge in [0.1, 0.15) is 0 Å². The van der Waals surface area contributed by atoms with E-state index in [0.29, 0.717) is 5.92 Å². The third kappa shape index (κ3) is 0.897. The summed E-state index contributed by atoms with van der Waals surface area (Å²) in [6.45, 7) is 0. The van der Waals surface area contributed by atoms with E-state index >= 15 is 0 Å². The van der Waals surface area contributed by atoms with E-state index in [9.17, 15) is 4.79 Å². The van der Waals surface area contributed by atoms with E-state index in [1.807, 2.05) is 18.2 Å². The van der Waals surface area contributed by atoms with E-state index in [-0.39, 0.29) is 11.8 Å². The first kappa shape index (κ1) is 6.65. The molecule has 2 nitrogen and oxygen atoms in total. The van der Waals surface area contributed by atoms with Gasteiger partial charge in [-0.25, -0.2) is 0 Å². The lowest BCUT2D eigenvalue weighted by molar-refractivity contribution is -0.141. The first-order chi connectivity index (χ1) is 5.29. The highest BCUT2D eigenvalue weighted by molar-refractivity contribution is 5.74. The molecule has 0 heterocycles. The molecule has 11 heavy (non-hydrogen) atoms. The number of carboxylic acid groups (broad SMARTS) is 1. The molecule has 0 aromatic rings. The second-order valence-corrected chi connectivity index (χ2v) is 3.15. The number of hydrogen-bond donors (Lipinski definition) is 1. The Morgan fingerprint density at radius 1 is 1.36 bits per heavy atom. The average Bonchev–Trinajstić information content (AvgIpc) is 2.41. The summed E-state index contributed by atoms with van der Waals surface area (Å²) in [7, 11) is 0. The van der Waals surface area contributed by atoms with E-state index in [0.717, 1.165) is 6.42 Å². The molecule has 0 spiro atoms. The highest BCUT2D eigenvalue weighted by Crippen LogP contribution is 2.38. The molecule has 0 fully saturated rings. The van der Waals surface area contributed by atoms with Gasteiger partial charge in [0, 0.05) is 5.92 Å². The molecule has 2 rings (SSSR count). The minimum absolute atomic E-state index is 0.243. The first-order valence-electron chi connectivity index (χ1n) is 3.87. The van der Waals surface area contributed by atoms with Crippen molar-refractivity contribution in [2.45, 2.75) is 6.42 Å². The van der Waals surface area contributed by atoms with Gasteiger partial charge >= 0.3 is 5.97 Å². The molecule has 58 valence electrons. The average molecular weight is 150 g/mol. The lowest BCUT2D eigenvalue weighted by atomic mass is 9.91. The van der Waals surface area contributed by atoms with Crippen LogP contribution in [0.2, 0.25) is 0 Å². The highest BCUT2D eigenvalue weighted by atomic mass is 16.4. The Kier molecular flexibility index (Phi) is 1.34. The maximum absolute atomic E-state index is 10.7. The Balaban J connectivity index is 2.20. The smallest absolute Gasteiger partial charge is 0.310 e. The number of fused-ring (bicyclic) bond motifs is 1. The van der Waals surface area contributed by atoms with Gasteiger partial charge < -0.3 is 5.11 Å². The zero-order valence-corrected chi connectivity index (χ0v) is 6.10. The van der Waals surface area contributed by atoms with E-state index in [4.69, 9.17) is 5.11 Å². The van der Waals surface area contributed by atoms with Gasteiger partial charge in [-0.05, 0) is 12.3 Å². The Labute approximate surface area is 65.2 Å². The van der Waals surface area contributed by atoms with Crippen molar-refractivity contribution >= 4 is 5.97 Å². The molecule has 0 radical (unpaired) electrons. The number of allylic oxidation sites excluding steroid dienone is 3. The van der Waals surface area contributed by atoms with E-state index < -0.39 is 5.97 Å². The number of carboxylic acids is 1. The van der Waals surface area contributed by atoms with Crippen LogP contribution in [0.15, 0.2) is 24.3 Å². The van der Waals surface area contributed by atoms with Crippen molar-refractivity contribution in [3.8, 4) is 0 Å². The van der Waals surface area contributed by atoms with Gasteiger partial charge in [-0.15, -0.1) is 0 Å². The number of aliphatic carboxylic acids is 1. The van der Waals surface area contributed by atoms with Gasteiger partial charge in [0.05, 0.1) is 5.92 Å². The van der Waals surface area contributed by atoms with Gasteiger partial charge in [0.2, 0.25) is 0 Å². The quantitative estimate of drug-likeness (QED) is 0.574.